The average molecular weight is 434 g/mol. The van der Waals surface area contributed by atoms with Crippen molar-refractivity contribution in [2.24, 2.45) is 5.41 Å². The third kappa shape index (κ3) is 5.48. The number of benzene rings is 1. The Morgan fingerprint density at radius 2 is 1.70 bits per heavy atom. The fraction of sp³-hybridized carbons (Fsp3) is 0.542. The van der Waals surface area contributed by atoms with Crippen LogP contribution in [0.25, 0.3) is 11.1 Å². The Labute approximate surface area is 181 Å². The molecule has 1 N–H and O–H groups in total. The van der Waals surface area contributed by atoms with Crippen molar-refractivity contribution in [2.45, 2.75) is 72.4 Å². The fourth-order valence-corrected chi connectivity index (χ4v) is 3.82. The van der Waals surface area contributed by atoms with E-state index in [1.165, 1.54) is 7.11 Å². The van der Waals surface area contributed by atoms with Gasteiger partial charge in [-0.05, 0) is 40.2 Å². The Bertz CT molecular complexity index is 885. The van der Waals surface area contributed by atoms with Gasteiger partial charge in [-0.25, -0.2) is 9.37 Å². The number of aromatic nitrogens is 1. The van der Waals surface area contributed by atoms with E-state index in [0.29, 0.717) is 29.2 Å². The summed E-state index contributed by atoms with van der Waals surface area (Å²) in [6, 6.07) is 7.29. The molecule has 1 aromatic heterocycles. The molecule has 6 heteroatoms. The van der Waals surface area contributed by atoms with Crippen LogP contribution in [0.4, 0.5) is 4.39 Å². The van der Waals surface area contributed by atoms with E-state index in [0.717, 1.165) is 11.8 Å². The Morgan fingerprint density at radius 3 is 2.23 bits per heavy atom. The molecule has 30 heavy (non-hydrogen) atoms. The monoisotopic (exact) mass is 433 g/mol. The lowest BCUT2D eigenvalue weighted by atomic mass is 9.81. The summed E-state index contributed by atoms with van der Waals surface area (Å²) >= 11 is 0. The molecule has 0 saturated carbocycles. The van der Waals surface area contributed by atoms with E-state index < -0.39 is 25.7 Å². The molecule has 1 heterocycles. The van der Waals surface area contributed by atoms with Crippen molar-refractivity contribution in [2.75, 3.05) is 7.11 Å². The summed E-state index contributed by atoms with van der Waals surface area (Å²) < 4.78 is 26.2. The minimum Gasteiger partial charge on any atom is -0.481 e. The van der Waals surface area contributed by atoms with Crippen molar-refractivity contribution in [3.63, 3.8) is 0 Å². The number of aliphatic hydroxyl groups excluding tert-OH is 1. The van der Waals surface area contributed by atoms with Crippen LogP contribution in [-0.2, 0) is 11.0 Å². The second-order valence-electron chi connectivity index (χ2n) is 10.4. The third-order valence-corrected chi connectivity index (χ3v) is 10.4. The standard InChI is InChI=1S/C24H36FNO3Si/c1-23(2,3)22(27)19-12-16(15-29-30(8,9)24(4,5)6)10-11-17(19)18-13-21(28-7)26-14-20(18)25/h10-14,22,27H,15H2,1-9H3. The van der Waals surface area contributed by atoms with Crippen LogP contribution in [0.2, 0.25) is 18.1 Å². The van der Waals surface area contributed by atoms with Crippen LogP contribution in [-0.4, -0.2) is 25.5 Å². The van der Waals surface area contributed by atoms with Crippen LogP contribution < -0.4 is 4.74 Å². The highest BCUT2D eigenvalue weighted by Crippen LogP contribution is 2.41. The lowest BCUT2D eigenvalue weighted by Crippen LogP contribution is -2.40. The maximum atomic E-state index is 14.6. The molecule has 0 aliphatic rings. The van der Waals surface area contributed by atoms with E-state index in [4.69, 9.17) is 9.16 Å². The molecule has 166 valence electrons. The van der Waals surface area contributed by atoms with Crippen molar-refractivity contribution in [1.29, 1.82) is 0 Å². The molecule has 2 aromatic rings. The first kappa shape index (κ1) is 24.5. The van der Waals surface area contributed by atoms with Crippen molar-refractivity contribution in [3.05, 3.63) is 47.4 Å². The predicted molar refractivity (Wildman–Crippen MR) is 123 cm³/mol. The molecular weight excluding hydrogens is 397 g/mol. The summed E-state index contributed by atoms with van der Waals surface area (Å²) in [5, 5.41) is 11.2. The zero-order chi connectivity index (χ0) is 22.9. The van der Waals surface area contributed by atoms with Crippen molar-refractivity contribution in [3.8, 4) is 17.0 Å². The minimum atomic E-state index is -1.92. The van der Waals surface area contributed by atoms with Crippen LogP contribution >= 0.6 is 0 Å². The van der Waals surface area contributed by atoms with Crippen LogP contribution in [0, 0.1) is 11.2 Å². The molecule has 1 atom stereocenters. The molecule has 0 aliphatic heterocycles. The minimum absolute atomic E-state index is 0.109. The first-order chi connectivity index (χ1) is 13.7. The second-order valence-corrected chi connectivity index (χ2v) is 15.3. The fourth-order valence-electron chi connectivity index (χ4n) is 2.86. The topological polar surface area (TPSA) is 51.6 Å². The molecule has 2 rings (SSSR count). The van der Waals surface area contributed by atoms with Crippen LogP contribution in [0.15, 0.2) is 30.5 Å². The smallest absolute Gasteiger partial charge is 0.213 e. The van der Waals surface area contributed by atoms with Gasteiger partial charge in [0.15, 0.2) is 8.32 Å². The van der Waals surface area contributed by atoms with E-state index >= 15 is 0 Å². The zero-order valence-electron chi connectivity index (χ0n) is 19.8. The van der Waals surface area contributed by atoms with Gasteiger partial charge in [-0.2, -0.15) is 0 Å². The Kier molecular flexibility index (Phi) is 7.16. The lowest BCUT2D eigenvalue weighted by molar-refractivity contribution is 0.0630. The number of hydrogen-bond acceptors (Lipinski definition) is 4. The number of aliphatic hydroxyl groups is 1. The molecule has 1 aromatic carbocycles. The summed E-state index contributed by atoms with van der Waals surface area (Å²) in [7, 11) is -0.419. The summed E-state index contributed by atoms with van der Waals surface area (Å²) in [5.74, 6) is -0.128. The predicted octanol–water partition coefficient (Wildman–Crippen LogP) is 6.50. The molecule has 4 nitrogen and oxygen atoms in total. The highest BCUT2D eigenvalue weighted by Gasteiger charge is 2.37. The highest BCUT2D eigenvalue weighted by molar-refractivity contribution is 6.74. The quantitative estimate of drug-likeness (QED) is 0.529. The van der Waals surface area contributed by atoms with Crippen LogP contribution in [0.1, 0.15) is 58.8 Å². The Balaban J connectivity index is 2.52. The number of hydrogen-bond donors (Lipinski definition) is 1. The molecule has 0 bridgehead atoms. The molecule has 0 radical (unpaired) electrons. The number of rotatable bonds is 6. The van der Waals surface area contributed by atoms with Gasteiger partial charge in [0, 0.05) is 11.6 Å². The van der Waals surface area contributed by atoms with Crippen LogP contribution in [0.3, 0.4) is 0 Å². The summed E-state index contributed by atoms with van der Waals surface area (Å²) in [4.78, 5) is 3.93. The van der Waals surface area contributed by atoms with Gasteiger partial charge in [0.2, 0.25) is 5.88 Å². The summed E-state index contributed by atoms with van der Waals surface area (Å²) in [6.45, 7) is 17.4. The second kappa shape index (κ2) is 8.77. The maximum Gasteiger partial charge on any atom is 0.213 e. The van der Waals surface area contributed by atoms with E-state index in [2.05, 4.69) is 38.8 Å². The maximum absolute atomic E-state index is 14.6. The van der Waals surface area contributed by atoms with E-state index in [9.17, 15) is 9.50 Å². The highest BCUT2D eigenvalue weighted by atomic mass is 28.4. The number of nitrogens with zero attached hydrogens (tertiary/aromatic N) is 1. The van der Waals surface area contributed by atoms with E-state index in [1.54, 1.807) is 6.07 Å². The molecule has 0 fully saturated rings. The van der Waals surface area contributed by atoms with Gasteiger partial charge >= 0.3 is 0 Å². The first-order valence-corrected chi connectivity index (χ1v) is 13.2. The largest absolute Gasteiger partial charge is 0.481 e. The first-order valence-electron chi connectivity index (χ1n) is 10.3. The van der Waals surface area contributed by atoms with Gasteiger partial charge in [0.25, 0.3) is 0 Å². The lowest BCUT2D eigenvalue weighted by Gasteiger charge is -2.36. The van der Waals surface area contributed by atoms with Gasteiger partial charge in [-0.3, -0.25) is 0 Å². The zero-order valence-corrected chi connectivity index (χ0v) is 20.8. The Hall–Kier alpha value is -1.76. The normalized spacial score (nSPS) is 14.0. The van der Waals surface area contributed by atoms with Crippen LogP contribution in [0.5, 0.6) is 5.88 Å². The van der Waals surface area contributed by atoms with Gasteiger partial charge in [0.05, 0.1) is 26.0 Å². The number of halogens is 1. The van der Waals surface area contributed by atoms with E-state index in [1.807, 2.05) is 39.0 Å². The van der Waals surface area contributed by atoms with Crippen molar-refractivity contribution < 1.29 is 18.7 Å². The van der Waals surface area contributed by atoms with E-state index in [-0.39, 0.29) is 5.04 Å². The van der Waals surface area contributed by atoms with Crippen molar-refractivity contribution >= 4 is 8.32 Å². The van der Waals surface area contributed by atoms with Crippen molar-refractivity contribution in [1.82, 2.24) is 4.98 Å². The SMILES string of the molecule is COc1cc(-c2ccc(CO[Si](C)(C)C(C)(C)C)cc2C(O)C(C)(C)C)c(F)cn1. The molecule has 0 saturated heterocycles. The molecule has 0 aliphatic carbocycles. The summed E-state index contributed by atoms with van der Waals surface area (Å²) in [5.41, 5.74) is 2.21. The Morgan fingerprint density at radius 1 is 1.07 bits per heavy atom. The third-order valence-electron chi connectivity index (χ3n) is 5.97. The van der Waals surface area contributed by atoms with Gasteiger partial charge < -0.3 is 14.3 Å². The average Bonchev–Trinajstić information content (AvgIpc) is 2.64. The molecule has 0 spiro atoms. The van der Waals surface area contributed by atoms with Gasteiger partial charge in [-0.15, -0.1) is 0 Å². The molecule has 1 unspecified atom stereocenters. The molecular formula is C24H36FNO3Si. The number of pyridine rings is 1. The number of methoxy groups -OCH3 is 1. The number of ether oxygens (including phenoxy) is 1. The molecule has 0 amide bonds. The summed E-state index contributed by atoms with van der Waals surface area (Å²) in [6.07, 6.45) is 0.370. The van der Waals surface area contributed by atoms with Gasteiger partial charge in [-0.1, -0.05) is 59.7 Å². The van der Waals surface area contributed by atoms with Gasteiger partial charge in [0.1, 0.15) is 5.82 Å².